The van der Waals surface area contributed by atoms with Crippen molar-refractivity contribution < 1.29 is 19.1 Å². The highest BCUT2D eigenvalue weighted by Crippen LogP contribution is 2.26. The minimum Gasteiger partial charge on any atom is -0.490 e. The molecular formula is C24H30N2O4. The maximum Gasteiger partial charge on any atom is 0.258 e. The number of ether oxygens (including phenoxy) is 2. The van der Waals surface area contributed by atoms with Crippen LogP contribution in [0.15, 0.2) is 42.5 Å². The van der Waals surface area contributed by atoms with Crippen LogP contribution in [0.1, 0.15) is 41.3 Å². The molecule has 160 valence electrons. The smallest absolute Gasteiger partial charge is 0.258 e. The molecule has 0 spiro atoms. The third-order valence-corrected chi connectivity index (χ3v) is 5.41. The van der Waals surface area contributed by atoms with Gasteiger partial charge in [0.2, 0.25) is 0 Å². The Morgan fingerprint density at radius 2 is 1.67 bits per heavy atom. The van der Waals surface area contributed by atoms with Gasteiger partial charge in [-0.1, -0.05) is 18.2 Å². The van der Waals surface area contributed by atoms with Gasteiger partial charge < -0.3 is 19.7 Å². The molecule has 1 saturated heterocycles. The molecule has 1 N–H and O–H groups in total. The van der Waals surface area contributed by atoms with Crippen molar-refractivity contribution in [1.82, 2.24) is 10.2 Å². The quantitative estimate of drug-likeness (QED) is 0.759. The lowest BCUT2D eigenvalue weighted by Gasteiger charge is -2.32. The van der Waals surface area contributed by atoms with Gasteiger partial charge in [0, 0.05) is 24.7 Å². The number of hydrogen-bond acceptors (Lipinski definition) is 4. The molecule has 2 amide bonds. The van der Waals surface area contributed by atoms with E-state index in [4.69, 9.17) is 9.47 Å². The molecule has 0 unspecified atom stereocenters. The summed E-state index contributed by atoms with van der Waals surface area (Å²) >= 11 is 0. The second-order valence-corrected chi connectivity index (χ2v) is 7.60. The first-order valence-corrected chi connectivity index (χ1v) is 10.5. The zero-order valence-electron chi connectivity index (χ0n) is 17.9. The van der Waals surface area contributed by atoms with E-state index in [1.165, 1.54) is 5.56 Å². The monoisotopic (exact) mass is 410 g/mol. The number of aryl methyl sites for hydroxylation is 2. The standard InChI is InChI=1S/C24H30N2O4/c1-4-29-21-7-5-6-8-22(21)30-16-23(27)25-20-11-13-26(14-12-20)24(28)19-10-9-17(2)18(3)15-19/h5-10,15,20H,4,11-14,16H2,1-3H3,(H,25,27). The van der Waals surface area contributed by atoms with Crippen molar-refractivity contribution in [2.24, 2.45) is 0 Å². The minimum atomic E-state index is -0.166. The maximum absolute atomic E-state index is 12.7. The van der Waals surface area contributed by atoms with E-state index < -0.39 is 0 Å². The third-order valence-electron chi connectivity index (χ3n) is 5.41. The fraction of sp³-hybridized carbons (Fsp3) is 0.417. The van der Waals surface area contributed by atoms with Gasteiger partial charge in [-0.3, -0.25) is 9.59 Å². The molecule has 0 atom stereocenters. The van der Waals surface area contributed by atoms with Crippen molar-refractivity contribution in [3.05, 3.63) is 59.2 Å². The van der Waals surface area contributed by atoms with Crippen LogP contribution in [0.25, 0.3) is 0 Å². The van der Waals surface area contributed by atoms with Gasteiger partial charge in [0.15, 0.2) is 18.1 Å². The molecule has 3 rings (SSSR count). The normalized spacial score (nSPS) is 14.3. The summed E-state index contributed by atoms with van der Waals surface area (Å²) in [7, 11) is 0. The van der Waals surface area contributed by atoms with Crippen LogP contribution >= 0.6 is 0 Å². The number of carbonyl (C=O) groups excluding carboxylic acids is 2. The first-order chi connectivity index (χ1) is 14.5. The van der Waals surface area contributed by atoms with Crippen molar-refractivity contribution >= 4 is 11.8 Å². The highest BCUT2D eigenvalue weighted by atomic mass is 16.5. The molecule has 0 bridgehead atoms. The molecule has 2 aromatic rings. The Morgan fingerprint density at radius 3 is 2.30 bits per heavy atom. The summed E-state index contributed by atoms with van der Waals surface area (Å²) in [6, 6.07) is 13.2. The van der Waals surface area contributed by atoms with Crippen molar-refractivity contribution in [2.45, 2.75) is 39.7 Å². The molecule has 0 radical (unpaired) electrons. The Labute approximate surface area is 178 Å². The summed E-state index contributed by atoms with van der Waals surface area (Å²) in [6.45, 7) is 7.69. The highest BCUT2D eigenvalue weighted by molar-refractivity contribution is 5.94. The Hall–Kier alpha value is -3.02. The summed E-state index contributed by atoms with van der Waals surface area (Å²) in [5.74, 6) is 1.08. The molecule has 0 aliphatic carbocycles. The van der Waals surface area contributed by atoms with Crippen molar-refractivity contribution in [1.29, 1.82) is 0 Å². The van der Waals surface area contributed by atoms with Crippen LogP contribution in [0, 0.1) is 13.8 Å². The number of benzene rings is 2. The van der Waals surface area contributed by atoms with Crippen LogP contribution in [-0.2, 0) is 4.79 Å². The number of rotatable bonds is 7. The van der Waals surface area contributed by atoms with Crippen LogP contribution in [0.3, 0.4) is 0 Å². The average Bonchev–Trinajstić information content (AvgIpc) is 2.75. The van der Waals surface area contributed by atoms with Gasteiger partial charge in [-0.2, -0.15) is 0 Å². The molecule has 1 heterocycles. The molecule has 1 aliphatic heterocycles. The van der Waals surface area contributed by atoms with E-state index in [0.29, 0.717) is 31.2 Å². The van der Waals surface area contributed by atoms with E-state index in [9.17, 15) is 9.59 Å². The second-order valence-electron chi connectivity index (χ2n) is 7.60. The maximum atomic E-state index is 12.7. The van der Waals surface area contributed by atoms with Crippen molar-refractivity contribution in [3.8, 4) is 11.5 Å². The molecule has 6 heteroatoms. The second kappa shape index (κ2) is 10.1. The first-order valence-electron chi connectivity index (χ1n) is 10.5. The van der Waals surface area contributed by atoms with E-state index in [0.717, 1.165) is 24.0 Å². The number of amides is 2. The molecule has 6 nitrogen and oxygen atoms in total. The Balaban J connectivity index is 1.45. The lowest BCUT2D eigenvalue weighted by molar-refractivity contribution is -0.124. The number of carbonyl (C=O) groups is 2. The number of para-hydroxylation sites is 2. The number of piperidine rings is 1. The number of likely N-dealkylation sites (tertiary alicyclic amines) is 1. The molecule has 1 aliphatic rings. The fourth-order valence-electron chi connectivity index (χ4n) is 3.54. The van der Waals surface area contributed by atoms with Gasteiger partial charge in [-0.15, -0.1) is 0 Å². The lowest BCUT2D eigenvalue weighted by atomic mass is 10.0. The minimum absolute atomic E-state index is 0.0482. The van der Waals surface area contributed by atoms with Crippen LogP contribution in [-0.4, -0.2) is 49.1 Å². The highest BCUT2D eigenvalue weighted by Gasteiger charge is 2.25. The largest absolute Gasteiger partial charge is 0.490 e. The van der Waals surface area contributed by atoms with Gasteiger partial charge in [0.25, 0.3) is 11.8 Å². The third kappa shape index (κ3) is 5.53. The SMILES string of the molecule is CCOc1ccccc1OCC(=O)NC1CCN(C(=O)c2ccc(C)c(C)c2)CC1. The molecule has 1 fully saturated rings. The van der Waals surface area contributed by atoms with E-state index in [2.05, 4.69) is 5.32 Å². The van der Waals surface area contributed by atoms with E-state index in [1.807, 2.05) is 62.1 Å². The van der Waals surface area contributed by atoms with Crippen LogP contribution in [0.4, 0.5) is 0 Å². The van der Waals surface area contributed by atoms with Gasteiger partial charge in [0.1, 0.15) is 0 Å². The first kappa shape index (κ1) is 21.7. The predicted molar refractivity (Wildman–Crippen MR) is 116 cm³/mol. The van der Waals surface area contributed by atoms with Crippen LogP contribution < -0.4 is 14.8 Å². The van der Waals surface area contributed by atoms with Gasteiger partial charge in [0.05, 0.1) is 6.61 Å². The Kier molecular flexibility index (Phi) is 7.33. The van der Waals surface area contributed by atoms with Crippen molar-refractivity contribution in [3.63, 3.8) is 0 Å². The summed E-state index contributed by atoms with van der Waals surface area (Å²) in [5.41, 5.74) is 3.02. The summed E-state index contributed by atoms with van der Waals surface area (Å²) in [6.07, 6.45) is 1.47. The summed E-state index contributed by atoms with van der Waals surface area (Å²) in [4.78, 5) is 26.9. The Morgan fingerprint density at radius 1 is 1.00 bits per heavy atom. The van der Waals surface area contributed by atoms with Gasteiger partial charge in [-0.05, 0) is 69.0 Å². The van der Waals surface area contributed by atoms with Crippen molar-refractivity contribution in [2.75, 3.05) is 26.3 Å². The van der Waals surface area contributed by atoms with Gasteiger partial charge in [-0.25, -0.2) is 0 Å². The number of nitrogens with zero attached hydrogens (tertiary/aromatic N) is 1. The number of nitrogens with one attached hydrogen (secondary N) is 1. The molecular weight excluding hydrogens is 380 g/mol. The molecule has 30 heavy (non-hydrogen) atoms. The summed E-state index contributed by atoms with van der Waals surface area (Å²) in [5, 5.41) is 3.01. The zero-order chi connectivity index (χ0) is 21.5. The van der Waals surface area contributed by atoms with Gasteiger partial charge >= 0.3 is 0 Å². The summed E-state index contributed by atoms with van der Waals surface area (Å²) < 4.78 is 11.1. The number of hydrogen-bond donors (Lipinski definition) is 1. The van der Waals surface area contributed by atoms with E-state index in [-0.39, 0.29) is 24.5 Å². The fourth-order valence-corrected chi connectivity index (χ4v) is 3.54. The topological polar surface area (TPSA) is 67.9 Å². The molecule has 2 aromatic carbocycles. The zero-order valence-corrected chi connectivity index (χ0v) is 17.9. The van der Waals surface area contributed by atoms with E-state index in [1.54, 1.807) is 6.07 Å². The average molecular weight is 411 g/mol. The van der Waals surface area contributed by atoms with Crippen LogP contribution in [0.2, 0.25) is 0 Å². The predicted octanol–water partition coefficient (Wildman–Crippen LogP) is 3.50. The molecule has 0 saturated carbocycles. The Bertz CT molecular complexity index is 889. The lowest BCUT2D eigenvalue weighted by Crippen LogP contribution is -2.47. The van der Waals surface area contributed by atoms with Crippen LogP contribution in [0.5, 0.6) is 11.5 Å². The van der Waals surface area contributed by atoms with E-state index >= 15 is 0 Å². The molecule has 0 aromatic heterocycles.